The van der Waals surface area contributed by atoms with Crippen molar-refractivity contribution in [3.63, 3.8) is 0 Å². The smallest absolute Gasteiger partial charge is 0.273 e. The van der Waals surface area contributed by atoms with E-state index < -0.39 is 4.92 Å². The number of amides is 1. The fourth-order valence-corrected chi connectivity index (χ4v) is 1.73. The molecule has 1 aromatic heterocycles. The Hall–Kier alpha value is -2.94. The zero-order valence-corrected chi connectivity index (χ0v) is 11.5. The molecule has 2 rings (SSSR count). The van der Waals surface area contributed by atoms with Gasteiger partial charge in [0, 0.05) is 32.4 Å². The van der Waals surface area contributed by atoms with Gasteiger partial charge in [-0.05, 0) is 12.1 Å². The minimum Gasteiger partial charge on any atom is -0.343 e. The lowest BCUT2D eigenvalue weighted by Gasteiger charge is -2.07. The van der Waals surface area contributed by atoms with Gasteiger partial charge in [0.05, 0.1) is 16.3 Å². The number of nitrogens with one attached hydrogen (secondary N) is 1. The topological polar surface area (TPSA) is 119 Å². The van der Waals surface area contributed by atoms with E-state index in [1.165, 1.54) is 27.8 Å². The van der Waals surface area contributed by atoms with Gasteiger partial charge in [-0.15, -0.1) is 0 Å². The maximum absolute atomic E-state index is 11.8. The zero-order chi connectivity index (χ0) is 15.6. The Morgan fingerprint density at radius 2 is 2.14 bits per heavy atom. The second-order valence-electron chi connectivity index (χ2n) is 4.48. The highest BCUT2D eigenvalue weighted by molar-refractivity contribution is 5.91. The van der Waals surface area contributed by atoms with Crippen molar-refractivity contribution in [2.75, 3.05) is 19.5 Å². The molecule has 110 valence electrons. The van der Waals surface area contributed by atoms with Crippen molar-refractivity contribution in [2.45, 2.75) is 0 Å². The third kappa shape index (κ3) is 2.98. The molecule has 0 aliphatic heterocycles. The standard InChI is InChI=1S/C12H14N6O3/c1-16(2)12(19)11-3-4-17(15-11)9-5-8(14-13)6-10(7-9)18(20)21/h3-7,14H,13H2,1-2H3. The Morgan fingerprint density at radius 1 is 1.43 bits per heavy atom. The molecule has 0 radical (unpaired) electrons. The van der Waals surface area contributed by atoms with Crippen LogP contribution in [0.15, 0.2) is 30.5 Å². The van der Waals surface area contributed by atoms with Gasteiger partial charge in [0.1, 0.15) is 0 Å². The lowest BCUT2D eigenvalue weighted by atomic mass is 10.2. The average molecular weight is 290 g/mol. The minimum absolute atomic E-state index is 0.128. The van der Waals surface area contributed by atoms with Gasteiger partial charge < -0.3 is 10.3 Å². The van der Waals surface area contributed by atoms with Crippen LogP contribution in [0.5, 0.6) is 0 Å². The van der Waals surface area contributed by atoms with E-state index in [1.807, 2.05) is 0 Å². The van der Waals surface area contributed by atoms with Crippen LogP contribution < -0.4 is 11.3 Å². The summed E-state index contributed by atoms with van der Waals surface area (Å²) in [5.41, 5.74) is 3.27. The van der Waals surface area contributed by atoms with E-state index in [4.69, 9.17) is 5.84 Å². The van der Waals surface area contributed by atoms with E-state index in [-0.39, 0.29) is 17.3 Å². The van der Waals surface area contributed by atoms with E-state index in [1.54, 1.807) is 26.4 Å². The SMILES string of the molecule is CN(C)C(=O)c1ccn(-c2cc(NN)cc([N+](=O)[O-])c2)n1. The molecule has 0 aliphatic carbocycles. The Balaban J connectivity index is 2.44. The molecule has 9 heteroatoms. The van der Waals surface area contributed by atoms with E-state index >= 15 is 0 Å². The van der Waals surface area contributed by atoms with Gasteiger partial charge in [-0.1, -0.05) is 0 Å². The summed E-state index contributed by atoms with van der Waals surface area (Å²) in [6.07, 6.45) is 1.55. The van der Waals surface area contributed by atoms with Crippen LogP contribution in [-0.2, 0) is 0 Å². The minimum atomic E-state index is -0.528. The number of anilines is 1. The van der Waals surface area contributed by atoms with Gasteiger partial charge in [-0.3, -0.25) is 20.8 Å². The van der Waals surface area contributed by atoms with E-state index in [2.05, 4.69) is 10.5 Å². The number of nitrogens with two attached hydrogens (primary N) is 1. The molecule has 21 heavy (non-hydrogen) atoms. The predicted octanol–water partition coefficient (Wildman–Crippen LogP) is 0.768. The van der Waals surface area contributed by atoms with Crippen LogP contribution in [0.4, 0.5) is 11.4 Å². The maximum Gasteiger partial charge on any atom is 0.273 e. The number of non-ortho nitro benzene ring substituents is 1. The molecule has 0 saturated carbocycles. The molecule has 1 heterocycles. The first kappa shape index (κ1) is 14.5. The lowest BCUT2D eigenvalue weighted by Crippen LogP contribution is -2.22. The number of rotatable bonds is 4. The van der Waals surface area contributed by atoms with E-state index in [9.17, 15) is 14.9 Å². The molecule has 3 N–H and O–H groups in total. The molecule has 0 atom stereocenters. The van der Waals surface area contributed by atoms with Crippen LogP contribution in [0.3, 0.4) is 0 Å². The van der Waals surface area contributed by atoms with Crippen molar-refractivity contribution in [1.29, 1.82) is 0 Å². The summed E-state index contributed by atoms with van der Waals surface area (Å²) in [4.78, 5) is 23.6. The van der Waals surface area contributed by atoms with E-state index in [0.717, 1.165) is 0 Å². The molecule has 0 unspecified atom stereocenters. The summed E-state index contributed by atoms with van der Waals surface area (Å²) in [6, 6.07) is 5.78. The van der Waals surface area contributed by atoms with Crippen LogP contribution in [0.1, 0.15) is 10.5 Å². The third-order valence-electron chi connectivity index (χ3n) is 2.76. The monoisotopic (exact) mass is 290 g/mol. The molecule has 1 aromatic carbocycles. The fourth-order valence-electron chi connectivity index (χ4n) is 1.73. The molecular weight excluding hydrogens is 276 g/mol. The van der Waals surface area contributed by atoms with Crippen LogP contribution >= 0.6 is 0 Å². The molecule has 0 aliphatic rings. The summed E-state index contributed by atoms with van der Waals surface area (Å²) in [6.45, 7) is 0. The number of nitro groups is 1. The average Bonchev–Trinajstić information content (AvgIpc) is 2.95. The first-order valence-corrected chi connectivity index (χ1v) is 5.96. The van der Waals surface area contributed by atoms with Gasteiger partial charge in [0.25, 0.3) is 11.6 Å². The zero-order valence-electron chi connectivity index (χ0n) is 11.5. The lowest BCUT2D eigenvalue weighted by molar-refractivity contribution is -0.384. The van der Waals surface area contributed by atoms with Gasteiger partial charge in [0.15, 0.2) is 5.69 Å². The second-order valence-corrected chi connectivity index (χ2v) is 4.48. The Labute approximate surface area is 120 Å². The van der Waals surface area contributed by atoms with Crippen LogP contribution in [-0.4, -0.2) is 39.6 Å². The number of hydrazine groups is 1. The largest absolute Gasteiger partial charge is 0.343 e. The molecule has 0 bridgehead atoms. The first-order chi connectivity index (χ1) is 9.92. The van der Waals surface area contributed by atoms with E-state index in [0.29, 0.717) is 11.4 Å². The normalized spacial score (nSPS) is 10.2. The van der Waals surface area contributed by atoms with Crippen molar-refractivity contribution in [2.24, 2.45) is 5.84 Å². The number of hydrogen-bond acceptors (Lipinski definition) is 6. The number of carbonyl (C=O) groups excluding carboxylic acids is 1. The van der Waals surface area contributed by atoms with Crippen LogP contribution in [0.2, 0.25) is 0 Å². The van der Waals surface area contributed by atoms with Gasteiger partial charge >= 0.3 is 0 Å². The number of carbonyl (C=O) groups is 1. The summed E-state index contributed by atoms with van der Waals surface area (Å²) >= 11 is 0. The molecule has 0 saturated heterocycles. The number of hydrogen-bond donors (Lipinski definition) is 2. The second kappa shape index (κ2) is 5.59. The van der Waals surface area contributed by atoms with Crippen molar-refractivity contribution in [1.82, 2.24) is 14.7 Å². The Kier molecular flexibility index (Phi) is 3.85. The fraction of sp³-hybridized carbons (Fsp3) is 0.167. The molecule has 0 spiro atoms. The van der Waals surface area contributed by atoms with Gasteiger partial charge in [-0.25, -0.2) is 4.68 Å². The highest BCUT2D eigenvalue weighted by atomic mass is 16.6. The number of benzene rings is 1. The Morgan fingerprint density at radius 3 is 2.71 bits per heavy atom. The molecule has 2 aromatic rings. The third-order valence-corrected chi connectivity index (χ3v) is 2.76. The van der Waals surface area contributed by atoms with Crippen molar-refractivity contribution >= 4 is 17.3 Å². The number of nitrogens with zero attached hydrogens (tertiary/aromatic N) is 4. The quantitative estimate of drug-likeness (QED) is 0.487. The molecule has 0 fully saturated rings. The number of nitrogen functional groups attached to an aromatic ring is 1. The summed E-state index contributed by atoms with van der Waals surface area (Å²) in [7, 11) is 3.23. The van der Waals surface area contributed by atoms with Crippen LogP contribution in [0, 0.1) is 10.1 Å². The summed E-state index contributed by atoms with van der Waals surface area (Å²) in [5, 5.41) is 15.0. The molecule has 1 amide bonds. The number of aromatic nitrogens is 2. The predicted molar refractivity (Wildman–Crippen MR) is 76.0 cm³/mol. The van der Waals surface area contributed by atoms with Crippen molar-refractivity contribution < 1.29 is 9.72 Å². The summed E-state index contributed by atoms with van der Waals surface area (Å²) in [5.74, 6) is 5.04. The highest BCUT2D eigenvalue weighted by Gasteiger charge is 2.14. The van der Waals surface area contributed by atoms with Gasteiger partial charge in [-0.2, -0.15) is 5.10 Å². The summed E-state index contributed by atoms with van der Waals surface area (Å²) < 4.78 is 1.38. The van der Waals surface area contributed by atoms with Crippen LogP contribution in [0.25, 0.3) is 5.69 Å². The highest BCUT2D eigenvalue weighted by Crippen LogP contribution is 2.22. The number of nitro benzene ring substituents is 1. The van der Waals surface area contributed by atoms with Gasteiger partial charge in [0.2, 0.25) is 0 Å². The molecule has 9 nitrogen and oxygen atoms in total. The van der Waals surface area contributed by atoms with Crippen molar-refractivity contribution in [3.05, 3.63) is 46.3 Å². The Bertz CT molecular complexity index is 694. The van der Waals surface area contributed by atoms with Crippen molar-refractivity contribution in [3.8, 4) is 5.69 Å². The first-order valence-electron chi connectivity index (χ1n) is 5.96. The maximum atomic E-state index is 11.8. The molecular formula is C12H14N6O3.